The molecule has 1 unspecified atom stereocenters. The predicted molar refractivity (Wildman–Crippen MR) is 103 cm³/mol. The van der Waals surface area contributed by atoms with E-state index in [2.05, 4.69) is 40.1 Å². The van der Waals surface area contributed by atoms with Crippen molar-refractivity contribution in [3.8, 4) is 0 Å². The average Bonchev–Trinajstić information content (AvgIpc) is 2.67. The van der Waals surface area contributed by atoms with E-state index in [1.54, 1.807) is 0 Å². The van der Waals surface area contributed by atoms with Gasteiger partial charge in [-0.05, 0) is 11.1 Å². The van der Waals surface area contributed by atoms with Gasteiger partial charge < -0.3 is 15.4 Å². The Kier molecular flexibility index (Phi) is 6.63. The van der Waals surface area contributed by atoms with Gasteiger partial charge in [0, 0.05) is 45.7 Å². The van der Waals surface area contributed by atoms with Gasteiger partial charge in [-0.15, -0.1) is 0 Å². The van der Waals surface area contributed by atoms with Crippen molar-refractivity contribution in [2.75, 3.05) is 32.7 Å². The number of rotatable bonds is 7. The molecule has 1 amide bonds. The van der Waals surface area contributed by atoms with Crippen LogP contribution >= 0.6 is 0 Å². The van der Waals surface area contributed by atoms with Crippen molar-refractivity contribution < 1.29 is 9.53 Å². The quantitative estimate of drug-likeness (QED) is 0.831. The molecule has 5 nitrogen and oxygen atoms in total. The molecule has 0 aromatic heterocycles. The molecule has 2 aromatic rings. The van der Waals surface area contributed by atoms with Crippen LogP contribution in [0.1, 0.15) is 23.7 Å². The summed E-state index contributed by atoms with van der Waals surface area (Å²) in [6, 6.07) is 20.4. The molecule has 5 heteroatoms. The maximum absolute atomic E-state index is 11.2. The molecule has 0 spiro atoms. The SMILES string of the molecule is NC(=O)OC(CCN1CCN(Cc2ccccc2)CC1)c1ccccc1. The molecule has 1 fully saturated rings. The van der Waals surface area contributed by atoms with Crippen LogP contribution in [0.4, 0.5) is 4.79 Å². The molecule has 0 bridgehead atoms. The first-order valence-corrected chi connectivity index (χ1v) is 9.20. The van der Waals surface area contributed by atoms with E-state index >= 15 is 0 Å². The van der Waals surface area contributed by atoms with Gasteiger partial charge >= 0.3 is 6.09 Å². The lowest BCUT2D eigenvalue weighted by molar-refractivity contribution is 0.0780. The molecule has 1 aliphatic rings. The smallest absolute Gasteiger partial charge is 0.405 e. The van der Waals surface area contributed by atoms with Gasteiger partial charge in [0.1, 0.15) is 6.10 Å². The van der Waals surface area contributed by atoms with E-state index < -0.39 is 6.09 Å². The Hall–Kier alpha value is -2.37. The molecule has 1 heterocycles. The maximum atomic E-state index is 11.2. The van der Waals surface area contributed by atoms with Gasteiger partial charge in [-0.25, -0.2) is 4.79 Å². The summed E-state index contributed by atoms with van der Waals surface area (Å²) in [5.41, 5.74) is 7.61. The fourth-order valence-corrected chi connectivity index (χ4v) is 3.41. The number of carbonyl (C=O) groups is 1. The number of nitrogens with two attached hydrogens (primary N) is 1. The first-order chi connectivity index (χ1) is 12.7. The molecular weight excluding hydrogens is 326 g/mol. The van der Waals surface area contributed by atoms with Crippen molar-refractivity contribution in [3.63, 3.8) is 0 Å². The van der Waals surface area contributed by atoms with E-state index in [0.717, 1.165) is 51.3 Å². The Morgan fingerprint density at radius 3 is 2.12 bits per heavy atom. The lowest BCUT2D eigenvalue weighted by Gasteiger charge is -2.35. The summed E-state index contributed by atoms with van der Waals surface area (Å²) in [5.74, 6) is 0. The maximum Gasteiger partial charge on any atom is 0.405 e. The third-order valence-corrected chi connectivity index (χ3v) is 4.85. The minimum atomic E-state index is -0.716. The highest BCUT2D eigenvalue weighted by Crippen LogP contribution is 2.22. The summed E-state index contributed by atoms with van der Waals surface area (Å²) in [7, 11) is 0. The van der Waals surface area contributed by atoms with Crippen LogP contribution in [0.25, 0.3) is 0 Å². The van der Waals surface area contributed by atoms with E-state index in [-0.39, 0.29) is 6.10 Å². The van der Waals surface area contributed by atoms with E-state index in [4.69, 9.17) is 10.5 Å². The Balaban J connectivity index is 1.46. The third-order valence-electron chi connectivity index (χ3n) is 4.85. The number of primary amides is 1. The molecular formula is C21H27N3O2. The minimum Gasteiger partial charge on any atom is -0.441 e. The van der Waals surface area contributed by atoms with E-state index in [1.807, 2.05) is 30.3 Å². The molecule has 3 rings (SSSR count). The molecule has 1 atom stereocenters. The Morgan fingerprint density at radius 2 is 1.50 bits per heavy atom. The van der Waals surface area contributed by atoms with Crippen molar-refractivity contribution in [1.29, 1.82) is 0 Å². The van der Waals surface area contributed by atoms with Crippen LogP contribution in [0.2, 0.25) is 0 Å². The summed E-state index contributed by atoms with van der Waals surface area (Å²) >= 11 is 0. The molecule has 2 N–H and O–H groups in total. The number of carbonyl (C=O) groups excluding carboxylic acids is 1. The molecule has 1 saturated heterocycles. The second-order valence-corrected chi connectivity index (χ2v) is 6.73. The third kappa shape index (κ3) is 5.58. The molecule has 138 valence electrons. The first kappa shape index (κ1) is 18.4. The first-order valence-electron chi connectivity index (χ1n) is 9.20. The number of amides is 1. The number of piperazine rings is 1. The zero-order valence-corrected chi connectivity index (χ0v) is 15.1. The molecule has 0 saturated carbocycles. The van der Waals surface area contributed by atoms with Crippen molar-refractivity contribution in [3.05, 3.63) is 71.8 Å². The van der Waals surface area contributed by atoms with E-state index in [9.17, 15) is 4.79 Å². The fraction of sp³-hybridized carbons (Fsp3) is 0.381. The van der Waals surface area contributed by atoms with E-state index in [1.165, 1.54) is 5.56 Å². The van der Waals surface area contributed by atoms with Gasteiger partial charge in [0.2, 0.25) is 0 Å². The summed E-state index contributed by atoms with van der Waals surface area (Å²) in [6.07, 6.45) is -0.242. The molecule has 1 aliphatic heterocycles. The molecule has 0 aliphatic carbocycles. The van der Waals surface area contributed by atoms with Gasteiger partial charge in [-0.2, -0.15) is 0 Å². The number of ether oxygens (including phenoxy) is 1. The van der Waals surface area contributed by atoms with Crippen LogP contribution in [0, 0.1) is 0 Å². The Morgan fingerprint density at radius 1 is 0.923 bits per heavy atom. The molecule has 26 heavy (non-hydrogen) atoms. The number of hydrogen-bond donors (Lipinski definition) is 1. The normalized spacial score (nSPS) is 16.9. The van der Waals surface area contributed by atoms with E-state index in [0.29, 0.717) is 0 Å². The van der Waals surface area contributed by atoms with Crippen LogP contribution in [-0.4, -0.2) is 48.6 Å². The van der Waals surface area contributed by atoms with Crippen molar-refractivity contribution in [2.24, 2.45) is 5.73 Å². The Bertz CT molecular complexity index is 670. The summed E-state index contributed by atoms with van der Waals surface area (Å²) in [4.78, 5) is 16.1. The highest BCUT2D eigenvalue weighted by Gasteiger charge is 2.20. The number of benzene rings is 2. The zero-order valence-electron chi connectivity index (χ0n) is 15.1. The summed E-state index contributed by atoms with van der Waals surface area (Å²) in [5, 5.41) is 0. The van der Waals surface area contributed by atoms with Crippen LogP contribution in [0.5, 0.6) is 0 Å². The zero-order chi connectivity index (χ0) is 18.2. The van der Waals surface area contributed by atoms with Gasteiger partial charge in [0.15, 0.2) is 0 Å². The van der Waals surface area contributed by atoms with Gasteiger partial charge in [-0.3, -0.25) is 4.90 Å². The highest BCUT2D eigenvalue weighted by atomic mass is 16.6. The monoisotopic (exact) mass is 353 g/mol. The van der Waals surface area contributed by atoms with Crippen molar-refractivity contribution in [1.82, 2.24) is 9.80 Å². The van der Waals surface area contributed by atoms with Crippen LogP contribution in [-0.2, 0) is 11.3 Å². The number of nitrogens with zero attached hydrogens (tertiary/aromatic N) is 2. The molecule has 2 aromatic carbocycles. The lowest BCUT2D eigenvalue weighted by Crippen LogP contribution is -2.46. The van der Waals surface area contributed by atoms with Gasteiger partial charge in [0.05, 0.1) is 0 Å². The van der Waals surface area contributed by atoms with Crippen LogP contribution in [0.15, 0.2) is 60.7 Å². The summed E-state index contributed by atoms with van der Waals surface area (Å²) in [6.45, 7) is 6.08. The summed E-state index contributed by atoms with van der Waals surface area (Å²) < 4.78 is 5.33. The minimum absolute atomic E-state index is 0.281. The second kappa shape index (κ2) is 9.36. The van der Waals surface area contributed by atoms with Crippen LogP contribution in [0.3, 0.4) is 0 Å². The van der Waals surface area contributed by atoms with Gasteiger partial charge in [0.25, 0.3) is 0 Å². The Labute approximate surface area is 155 Å². The lowest BCUT2D eigenvalue weighted by atomic mass is 10.1. The highest BCUT2D eigenvalue weighted by molar-refractivity contribution is 5.65. The van der Waals surface area contributed by atoms with Gasteiger partial charge in [-0.1, -0.05) is 60.7 Å². The van der Waals surface area contributed by atoms with Crippen LogP contribution < -0.4 is 5.73 Å². The predicted octanol–water partition coefficient (Wildman–Crippen LogP) is 3.03. The standard InChI is InChI=1S/C21H27N3O2/c22-21(25)26-20(19-9-5-2-6-10-19)11-12-23-13-15-24(16-14-23)17-18-7-3-1-4-8-18/h1-10,20H,11-17H2,(H2,22,25). The van der Waals surface area contributed by atoms with Crippen molar-refractivity contribution >= 4 is 6.09 Å². The molecule has 0 radical (unpaired) electrons. The second-order valence-electron chi connectivity index (χ2n) is 6.73. The topological polar surface area (TPSA) is 58.8 Å². The number of hydrogen-bond acceptors (Lipinski definition) is 4. The largest absolute Gasteiger partial charge is 0.441 e. The van der Waals surface area contributed by atoms with Crippen molar-refractivity contribution in [2.45, 2.75) is 19.1 Å². The average molecular weight is 353 g/mol. The fourth-order valence-electron chi connectivity index (χ4n) is 3.41.